The first kappa shape index (κ1) is 13.2. The van der Waals surface area contributed by atoms with E-state index in [2.05, 4.69) is 21.2 Å². The second kappa shape index (κ2) is 5.43. The van der Waals surface area contributed by atoms with Crippen LogP contribution in [0.25, 0.3) is 0 Å². The van der Waals surface area contributed by atoms with Crippen LogP contribution in [-0.2, 0) is 0 Å². The highest BCUT2D eigenvalue weighted by molar-refractivity contribution is 9.10. The minimum absolute atomic E-state index is 0.0123. The Labute approximate surface area is 102 Å². The largest absolute Gasteiger partial charge is 0.393 e. The van der Waals surface area contributed by atoms with Gasteiger partial charge in [0.1, 0.15) is 5.60 Å². The monoisotopic (exact) mass is 287 g/mol. The molecule has 1 atom stereocenters. The van der Waals surface area contributed by atoms with Crippen molar-refractivity contribution < 1.29 is 15.0 Å². The molecule has 1 aromatic rings. The summed E-state index contributed by atoms with van der Waals surface area (Å²) < 4.78 is 0.895. The smallest absolute Gasteiger partial charge is 0.251 e. The SMILES string of the molecule is CC(O)(CO)CNC(=O)c1ccc(Br)cc1. The van der Waals surface area contributed by atoms with Crippen LogP contribution in [0.2, 0.25) is 0 Å². The lowest BCUT2D eigenvalue weighted by molar-refractivity contribution is 0.00320. The molecule has 0 aliphatic carbocycles. The van der Waals surface area contributed by atoms with Gasteiger partial charge in [-0.15, -0.1) is 0 Å². The molecule has 88 valence electrons. The number of rotatable bonds is 4. The topological polar surface area (TPSA) is 69.6 Å². The first-order valence-electron chi connectivity index (χ1n) is 4.81. The molecule has 1 aromatic carbocycles. The zero-order chi connectivity index (χ0) is 12.2. The number of carbonyl (C=O) groups is 1. The predicted octanol–water partition coefficient (Wildman–Crippen LogP) is 0.922. The van der Waals surface area contributed by atoms with Gasteiger partial charge in [-0.2, -0.15) is 0 Å². The molecule has 0 spiro atoms. The Morgan fingerprint density at radius 3 is 2.50 bits per heavy atom. The van der Waals surface area contributed by atoms with E-state index in [0.717, 1.165) is 4.47 Å². The van der Waals surface area contributed by atoms with Crippen LogP contribution in [0.4, 0.5) is 0 Å². The van der Waals surface area contributed by atoms with Crippen molar-refractivity contribution >= 4 is 21.8 Å². The molecule has 1 unspecified atom stereocenters. The van der Waals surface area contributed by atoms with Crippen molar-refractivity contribution in [3.8, 4) is 0 Å². The molecule has 0 heterocycles. The lowest BCUT2D eigenvalue weighted by atomic mass is 10.1. The van der Waals surface area contributed by atoms with E-state index in [1.165, 1.54) is 6.92 Å². The van der Waals surface area contributed by atoms with E-state index in [4.69, 9.17) is 5.11 Å². The maximum Gasteiger partial charge on any atom is 0.251 e. The highest BCUT2D eigenvalue weighted by Crippen LogP contribution is 2.10. The molecule has 16 heavy (non-hydrogen) atoms. The molecular formula is C11H14BrNO3. The van der Waals surface area contributed by atoms with Crippen molar-refractivity contribution in [1.82, 2.24) is 5.32 Å². The lowest BCUT2D eigenvalue weighted by Gasteiger charge is -2.20. The van der Waals surface area contributed by atoms with Crippen LogP contribution in [0.3, 0.4) is 0 Å². The van der Waals surface area contributed by atoms with Gasteiger partial charge in [-0.25, -0.2) is 0 Å². The molecule has 0 saturated heterocycles. The van der Waals surface area contributed by atoms with Crippen molar-refractivity contribution in [2.75, 3.05) is 13.2 Å². The van der Waals surface area contributed by atoms with E-state index in [1.54, 1.807) is 24.3 Å². The summed E-state index contributed by atoms with van der Waals surface area (Å²) in [5.41, 5.74) is -0.776. The number of benzene rings is 1. The molecule has 0 aliphatic heterocycles. The minimum Gasteiger partial charge on any atom is -0.393 e. The van der Waals surface area contributed by atoms with Crippen LogP contribution in [0.5, 0.6) is 0 Å². The molecule has 0 fully saturated rings. The quantitative estimate of drug-likeness (QED) is 0.771. The van der Waals surface area contributed by atoms with Crippen LogP contribution in [0.1, 0.15) is 17.3 Å². The Kier molecular flexibility index (Phi) is 4.46. The maximum atomic E-state index is 11.6. The van der Waals surface area contributed by atoms with Crippen LogP contribution >= 0.6 is 15.9 Å². The average Bonchev–Trinajstić information content (AvgIpc) is 2.27. The minimum atomic E-state index is -1.29. The Morgan fingerprint density at radius 2 is 2.00 bits per heavy atom. The maximum absolute atomic E-state index is 11.6. The molecule has 4 nitrogen and oxygen atoms in total. The molecule has 5 heteroatoms. The molecule has 0 aromatic heterocycles. The molecule has 0 bridgehead atoms. The van der Waals surface area contributed by atoms with Crippen molar-refractivity contribution in [3.05, 3.63) is 34.3 Å². The van der Waals surface area contributed by atoms with Crippen molar-refractivity contribution in [2.24, 2.45) is 0 Å². The average molecular weight is 288 g/mol. The van der Waals surface area contributed by atoms with E-state index >= 15 is 0 Å². The molecule has 1 amide bonds. The number of nitrogens with one attached hydrogen (secondary N) is 1. The summed E-state index contributed by atoms with van der Waals surface area (Å²) in [6, 6.07) is 6.87. The normalized spacial score (nSPS) is 14.2. The number of hydrogen-bond donors (Lipinski definition) is 3. The Bertz CT molecular complexity index is 362. The summed E-state index contributed by atoms with van der Waals surface area (Å²) in [6.07, 6.45) is 0. The van der Waals surface area contributed by atoms with Crippen molar-refractivity contribution in [1.29, 1.82) is 0 Å². The third kappa shape index (κ3) is 3.92. The van der Waals surface area contributed by atoms with Gasteiger partial charge in [0.15, 0.2) is 0 Å². The fourth-order valence-electron chi connectivity index (χ4n) is 1.03. The highest BCUT2D eigenvalue weighted by Gasteiger charge is 2.19. The van der Waals surface area contributed by atoms with Crippen LogP contribution in [0, 0.1) is 0 Å². The Morgan fingerprint density at radius 1 is 1.44 bits per heavy atom. The van der Waals surface area contributed by atoms with Gasteiger partial charge in [0.05, 0.1) is 6.61 Å². The molecule has 0 aliphatic rings. The standard InChI is InChI=1S/C11H14BrNO3/c1-11(16,7-14)6-13-10(15)8-2-4-9(12)5-3-8/h2-5,14,16H,6-7H2,1H3,(H,13,15). The Hall–Kier alpha value is -0.910. The lowest BCUT2D eigenvalue weighted by Crippen LogP contribution is -2.43. The first-order valence-corrected chi connectivity index (χ1v) is 5.61. The van der Waals surface area contributed by atoms with Crippen LogP contribution in [0.15, 0.2) is 28.7 Å². The highest BCUT2D eigenvalue weighted by atomic mass is 79.9. The third-order valence-electron chi connectivity index (χ3n) is 2.08. The molecule has 1 rings (SSSR count). The van der Waals surface area contributed by atoms with Gasteiger partial charge in [0.2, 0.25) is 0 Å². The fraction of sp³-hybridized carbons (Fsp3) is 0.364. The number of hydrogen-bond acceptors (Lipinski definition) is 3. The van der Waals surface area contributed by atoms with E-state index in [0.29, 0.717) is 5.56 Å². The second-order valence-electron chi connectivity index (χ2n) is 3.84. The summed E-state index contributed by atoms with van der Waals surface area (Å²) in [5, 5.41) is 20.8. The van der Waals surface area contributed by atoms with E-state index < -0.39 is 12.2 Å². The number of halogens is 1. The van der Waals surface area contributed by atoms with Gasteiger partial charge >= 0.3 is 0 Å². The zero-order valence-corrected chi connectivity index (χ0v) is 10.5. The number of carbonyl (C=O) groups excluding carboxylic acids is 1. The van der Waals surface area contributed by atoms with E-state index in [9.17, 15) is 9.90 Å². The third-order valence-corrected chi connectivity index (χ3v) is 2.61. The van der Waals surface area contributed by atoms with Gasteiger partial charge in [0, 0.05) is 16.6 Å². The van der Waals surface area contributed by atoms with Gasteiger partial charge in [-0.05, 0) is 31.2 Å². The predicted molar refractivity (Wildman–Crippen MR) is 64.2 cm³/mol. The van der Waals surface area contributed by atoms with Gasteiger partial charge in [-0.1, -0.05) is 15.9 Å². The summed E-state index contributed by atoms with van der Waals surface area (Å²) in [5.74, 6) is -0.277. The van der Waals surface area contributed by atoms with Gasteiger partial charge in [-0.3, -0.25) is 4.79 Å². The fourth-order valence-corrected chi connectivity index (χ4v) is 1.29. The summed E-state index contributed by atoms with van der Waals surface area (Å²) in [6.45, 7) is 1.07. The molecular weight excluding hydrogens is 274 g/mol. The number of aliphatic hydroxyl groups is 2. The first-order chi connectivity index (χ1) is 7.44. The van der Waals surface area contributed by atoms with Gasteiger partial charge in [0.25, 0.3) is 5.91 Å². The van der Waals surface area contributed by atoms with Gasteiger partial charge < -0.3 is 15.5 Å². The summed E-state index contributed by atoms with van der Waals surface area (Å²) >= 11 is 3.27. The van der Waals surface area contributed by atoms with Crippen molar-refractivity contribution in [2.45, 2.75) is 12.5 Å². The molecule has 3 N–H and O–H groups in total. The van der Waals surface area contributed by atoms with E-state index in [1.807, 2.05) is 0 Å². The number of amides is 1. The molecule has 0 saturated carbocycles. The van der Waals surface area contributed by atoms with Crippen molar-refractivity contribution in [3.63, 3.8) is 0 Å². The molecule has 0 radical (unpaired) electrons. The Balaban J connectivity index is 2.56. The van der Waals surface area contributed by atoms with Crippen LogP contribution in [-0.4, -0.2) is 34.9 Å². The van der Waals surface area contributed by atoms with E-state index in [-0.39, 0.29) is 12.5 Å². The second-order valence-corrected chi connectivity index (χ2v) is 4.76. The van der Waals surface area contributed by atoms with Crippen LogP contribution < -0.4 is 5.32 Å². The summed E-state index contributed by atoms with van der Waals surface area (Å²) in [7, 11) is 0. The number of aliphatic hydroxyl groups excluding tert-OH is 1. The zero-order valence-electron chi connectivity index (χ0n) is 8.90. The summed E-state index contributed by atoms with van der Waals surface area (Å²) in [4.78, 5) is 11.6.